The molecule has 2 rings (SSSR count). The third-order valence-electron chi connectivity index (χ3n) is 2.75. The van der Waals surface area contributed by atoms with Crippen molar-refractivity contribution < 1.29 is 4.74 Å². The van der Waals surface area contributed by atoms with E-state index in [-0.39, 0.29) is 6.04 Å². The van der Waals surface area contributed by atoms with Gasteiger partial charge in [0, 0.05) is 19.4 Å². The van der Waals surface area contributed by atoms with Crippen LogP contribution >= 0.6 is 0 Å². The molecule has 0 amide bonds. The zero-order valence-electron chi connectivity index (χ0n) is 10.2. The number of hydrogen-bond donors (Lipinski definition) is 1. The first-order valence-corrected chi connectivity index (χ1v) is 5.41. The molecule has 2 heterocycles. The molecule has 90 valence electrons. The van der Waals surface area contributed by atoms with E-state index in [1.807, 2.05) is 37.1 Å². The molecule has 0 saturated carbocycles. The summed E-state index contributed by atoms with van der Waals surface area (Å²) in [6.07, 6.45) is 5.32. The molecule has 1 N–H and O–H groups in total. The van der Waals surface area contributed by atoms with E-state index >= 15 is 0 Å². The van der Waals surface area contributed by atoms with Crippen molar-refractivity contribution in [2.24, 2.45) is 7.05 Å². The minimum absolute atomic E-state index is 0.0196. The van der Waals surface area contributed by atoms with E-state index < -0.39 is 0 Å². The van der Waals surface area contributed by atoms with E-state index in [0.29, 0.717) is 0 Å². The highest BCUT2D eigenvalue weighted by atomic mass is 16.5. The Morgan fingerprint density at radius 1 is 1.41 bits per heavy atom. The van der Waals surface area contributed by atoms with E-state index in [2.05, 4.69) is 15.4 Å². The van der Waals surface area contributed by atoms with Gasteiger partial charge in [-0.3, -0.25) is 9.67 Å². The highest BCUT2D eigenvalue weighted by molar-refractivity contribution is 5.35. The Hall–Kier alpha value is -1.88. The van der Waals surface area contributed by atoms with E-state index in [0.717, 1.165) is 17.0 Å². The van der Waals surface area contributed by atoms with Crippen LogP contribution in [0.25, 0.3) is 0 Å². The lowest BCUT2D eigenvalue weighted by Crippen LogP contribution is -2.21. The normalized spacial score (nSPS) is 12.4. The summed E-state index contributed by atoms with van der Waals surface area (Å²) in [5.41, 5.74) is 2.07. The predicted octanol–water partition coefficient (Wildman–Crippen LogP) is 1.13. The fraction of sp³-hybridized carbons (Fsp3) is 0.333. The van der Waals surface area contributed by atoms with Gasteiger partial charge >= 0.3 is 0 Å². The molecule has 5 nitrogen and oxygen atoms in total. The summed E-state index contributed by atoms with van der Waals surface area (Å²) < 4.78 is 7.14. The molecule has 0 fully saturated rings. The van der Waals surface area contributed by atoms with Crippen molar-refractivity contribution in [3.05, 3.63) is 42.0 Å². The average Bonchev–Trinajstić information content (AvgIpc) is 2.74. The molecule has 0 aliphatic heterocycles. The van der Waals surface area contributed by atoms with E-state index in [1.54, 1.807) is 19.5 Å². The molecule has 2 aromatic rings. The summed E-state index contributed by atoms with van der Waals surface area (Å²) in [5, 5.41) is 7.47. The topological polar surface area (TPSA) is 52.0 Å². The number of aryl methyl sites for hydroxylation is 1. The van der Waals surface area contributed by atoms with Crippen LogP contribution < -0.4 is 10.1 Å². The van der Waals surface area contributed by atoms with Gasteiger partial charge in [0.05, 0.1) is 19.3 Å². The molecule has 0 spiro atoms. The number of ether oxygens (including phenoxy) is 1. The number of nitrogens with one attached hydrogen (secondary N) is 1. The van der Waals surface area contributed by atoms with Gasteiger partial charge in [0.1, 0.15) is 5.69 Å². The highest BCUT2D eigenvalue weighted by Gasteiger charge is 2.20. The Bertz CT molecular complexity index is 481. The largest absolute Gasteiger partial charge is 0.493 e. The second-order valence-electron chi connectivity index (χ2n) is 3.73. The quantitative estimate of drug-likeness (QED) is 0.858. The smallest absolute Gasteiger partial charge is 0.161 e. The van der Waals surface area contributed by atoms with Gasteiger partial charge in [0.2, 0.25) is 0 Å². The van der Waals surface area contributed by atoms with Crippen molar-refractivity contribution in [3.63, 3.8) is 0 Å². The van der Waals surface area contributed by atoms with Crippen molar-refractivity contribution >= 4 is 0 Å². The Labute approximate surface area is 100 Å². The molecule has 17 heavy (non-hydrogen) atoms. The monoisotopic (exact) mass is 232 g/mol. The molecule has 0 aliphatic rings. The molecule has 1 atom stereocenters. The van der Waals surface area contributed by atoms with Gasteiger partial charge in [-0.25, -0.2) is 0 Å². The minimum atomic E-state index is 0.0196. The Balaban J connectivity index is 2.45. The average molecular weight is 232 g/mol. The second kappa shape index (κ2) is 4.97. The van der Waals surface area contributed by atoms with Gasteiger partial charge < -0.3 is 10.1 Å². The van der Waals surface area contributed by atoms with E-state index in [9.17, 15) is 0 Å². The van der Waals surface area contributed by atoms with Crippen LogP contribution in [0.3, 0.4) is 0 Å². The van der Waals surface area contributed by atoms with Gasteiger partial charge in [0.15, 0.2) is 5.75 Å². The van der Waals surface area contributed by atoms with Gasteiger partial charge in [-0.2, -0.15) is 5.10 Å². The van der Waals surface area contributed by atoms with Crippen LogP contribution in [-0.4, -0.2) is 28.9 Å². The molecule has 0 bridgehead atoms. The summed E-state index contributed by atoms with van der Waals surface area (Å²) in [6.45, 7) is 0. The highest BCUT2D eigenvalue weighted by Crippen LogP contribution is 2.28. The fourth-order valence-electron chi connectivity index (χ4n) is 1.92. The summed E-state index contributed by atoms with van der Waals surface area (Å²) in [6, 6.07) is 3.97. The van der Waals surface area contributed by atoms with Crippen molar-refractivity contribution in [2.45, 2.75) is 6.04 Å². The lowest BCUT2D eigenvalue weighted by atomic mass is 10.1. The first-order valence-electron chi connectivity index (χ1n) is 5.41. The SMILES string of the molecule is CNC(c1cccnc1)c1c(OC)cnn1C. The van der Waals surface area contributed by atoms with E-state index in [1.165, 1.54) is 0 Å². The molecule has 0 radical (unpaired) electrons. The predicted molar refractivity (Wildman–Crippen MR) is 64.9 cm³/mol. The minimum Gasteiger partial charge on any atom is -0.493 e. The molecule has 5 heteroatoms. The van der Waals surface area contributed by atoms with Gasteiger partial charge in [0.25, 0.3) is 0 Å². The van der Waals surface area contributed by atoms with Crippen LogP contribution in [-0.2, 0) is 7.05 Å². The third-order valence-corrected chi connectivity index (χ3v) is 2.75. The summed E-state index contributed by atoms with van der Waals surface area (Å²) in [4.78, 5) is 4.14. The molecular formula is C12H16N4O. The maximum absolute atomic E-state index is 5.33. The van der Waals surface area contributed by atoms with Crippen LogP contribution in [0.5, 0.6) is 5.75 Å². The third kappa shape index (κ3) is 2.14. The van der Waals surface area contributed by atoms with Crippen molar-refractivity contribution in [3.8, 4) is 5.75 Å². The van der Waals surface area contributed by atoms with Gasteiger partial charge in [-0.05, 0) is 18.7 Å². The number of aromatic nitrogens is 3. The Kier molecular flexibility index (Phi) is 3.39. The number of nitrogens with zero attached hydrogens (tertiary/aromatic N) is 3. The maximum Gasteiger partial charge on any atom is 0.161 e. The van der Waals surface area contributed by atoms with E-state index in [4.69, 9.17) is 4.74 Å². The summed E-state index contributed by atoms with van der Waals surface area (Å²) in [5.74, 6) is 0.774. The molecule has 0 saturated heterocycles. The lowest BCUT2D eigenvalue weighted by molar-refractivity contribution is 0.402. The number of rotatable bonds is 4. The zero-order chi connectivity index (χ0) is 12.3. The van der Waals surface area contributed by atoms with Gasteiger partial charge in [-0.15, -0.1) is 0 Å². The zero-order valence-corrected chi connectivity index (χ0v) is 10.2. The number of hydrogen-bond acceptors (Lipinski definition) is 4. The number of methoxy groups -OCH3 is 1. The fourth-order valence-corrected chi connectivity index (χ4v) is 1.92. The lowest BCUT2D eigenvalue weighted by Gasteiger charge is -2.17. The first kappa shape index (κ1) is 11.6. The number of pyridine rings is 1. The summed E-state index contributed by atoms with van der Waals surface area (Å²) in [7, 11) is 5.46. The maximum atomic E-state index is 5.33. The molecule has 0 aliphatic carbocycles. The van der Waals surface area contributed by atoms with Crippen molar-refractivity contribution in [2.75, 3.05) is 14.2 Å². The van der Waals surface area contributed by atoms with Crippen LogP contribution in [0.2, 0.25) is 0 Å². The first-order chi connectivity index (χ1) is 8.27. The van der Waals surface area contributed by atoms with Crippen LogP contribution in [0.1, 0.15) is 17.3 Å². The van der Waals surface area contributed by atoms with Gasteiger partial charge in [-0.1, -0.05) is 6.07 Å². The molecule has 2 aromatic heterocycles. The van der Waals surface area contributed by atoms with Crippen molar-refractivity contribution in [1.29, 1.82) is 0 Å². The van der Waals surface area contributed by atoms with Crippen LogP contribution in [0, 0.1) is 0 Å². The van der Waals surface area contributed by atoms with Crippen LogP contribution in [0.4, 0.5) is 0 Å². The molecule has 0 aromatic carbocycles. The Morgan fingerprint density at radius 2 is 2.24 bits per heavy atom. The van der Waals surface area contributed by atoms with Crippen LogP contribution in [0.15, 0.2) is 30.7 Å². The second-order valence-corrected chi connectivity index (χ2v) is 3.73. The molecular weight excluding hydrogens is 216 g/mol. The summed E-state index contributed by atoms with van der Waals surface area (Å²) >= 11 is 0. The standard InChI is InChI=1S/C12H16N4O/c1-13-11(9-5-4-6-14-7-9)12-10(17-3)8-15-16(12)2/h4-8,11,13H,1-3H3. The Morgan fingerprint density at radius 3 is 2.82 bits per heavy atom. The van der Waals surface area contributed by atoms with Crippen molar-refractivity contribution in [1.82, 2.24) is 20.1 Å². The molecule has 1 unspecified atom stereocenters.